The number of hydrogen-bond donors (Lipinski definition) is 0. The van der Waals surface area contributed by atoms with Gasteiger partial charge in [0.1, 0.15) is 0 Å². The van der Waals surface area contributed by atoms with Gasteiger partial charge in [-0.1, -0.05) is 79.6 Å². The Morgan fingerprint density at radius 1 is 0.933 bits per heavy atom. The quantitative estimate of drug-likeness (QED) is 0.423. The van der Waals surface area contributed by atoms with Crippen molar-refractivity contribution in [2.75, 3.05) is 0 Å². The van der Waals surface area contributed by atoms with Gasteiger partial charge in [-0.25, -0.2) is 0 Å². The SMILES string of the molecule is CCC(C)CCCCCCC(C)(C)CC. The lowest BCUT2D eigenvalue weighted by atomic mass is 9.84. The molecule has 92 valence electrons. The van der Waals surface area contributed by atoms with E-state index in [0.29, 0.717) is 5.41 Å². The first-order chi connectivity index (χ1) is 7.02. The van der Waals surface area contributed by atoms with Crippen LogP contribution in [0.3, 0.4) is 0 Å². The number of rotatable bonds is 9. The van der Waals surface area contributed by atoms with E-state index in [1.54, 1.807) is 0 Å². The highest BCUT2D eigenvalue weighted by atomic mass is 14.2. The predicted octanol–water partition coefficient (Wildman–Crippen LogP) is 5.81. The molecule has 0 heterocycles. The molecule has 0 N–H and O–H groups in total. The summed E-state index contributed by atoms with van der Waals surface area (Å²) >= 11 is 0. The molecule has 1 unspecified atom stereocenters. The van der Waals surface area contributed by atoms with E-state index in [1.165, 1.54) is 51.4 Å². The molecule has 0 saturated heterocycles. The Morgan fingerprint density at radius 3 is 2.07 bits per heavy atom. The summed E-state index contributed by atoms with van der Waals surface area (Å²) in [6.07, 6.45) is 11.3. The van der Waals surface area contributed by atoms with Crippen LogP contribution in [0.1, 0.15) is 86.0 Å². The molecule has 0 fully saturated rings. The smallest absolute Gasteiger partial charge is 0.0357 e. The first-order valence-corrected chi connectivity index (χ1v) is 7.02. The topological polar surface area (TPSA) is 0 Å². The monoisotopic (exact) mass is 212 g/mol. The van der Waals surface area contributed by atoms with E-state index >= 15 is 0 Å². The second-order valence-electron chi connectivity index (χ2n) is 5.98. The molecule has 15 heavy (non-hydrogen) atoms. The fourth-order valence-electron chi connectivity index (χ4n) is 1.83. The minimum atomic E-state index is 0.580. The minimum absolute atomic E-state index is 0.580. The number of hydrogen-bond acceptors (Lipinski definition) is 0. The molecule has 0 rings (SSSR count). The van der Waals surface area contributed by atoms with Crippen LogP contribution in [0.15, 0.2) is 0 Å². The molecule has 0 aliphatic rings. The fraction of sp³-hybridized carbons (Fsp3) is 1.00. The van der Waals surface area contributed by atoms with Gasteiger partial charge in [0.05, 0.1) is 0 Å². The van der Waals surface area contributed by atoms with Crippen molar-refractivity contribution in [1.29, 1.82) is 0 Å². The maximum absolute atomic E-state index is 2.39. The van der Waals surface area contributed by atoms with Crippen LogP contribution in [0.2, 0.25) is 0 Å². The van der Waals surface area contributed by atoms with Crippen molar-refractivity contribution in [2.24, 2.45) is 11.3 Å². The van der Waals surface area contributed by atoms with Gasteiger partial charge in [-0.3, -0.25) is 0 Å². The van der Waals surface area contributed by atoms with E-state index in [0.717, 1.165) is 5.92 Å². The Balaban J connectivity index is 3.25. The second-order valence-corrected chi connectivity index (χ2v) is 5.98. The van der Waals surface area contributed by atoms with E-state index in [9.17, 15) is 0 Å². The summed E-state index contributed by atoms with van der Waals surface area (Å²) in [4.78, 5) is 0. The van der Waals surface area contributed by atoms with Crippen molar-refractivity contribution >= 4 is 0 Å². The molecule has 0 spiro atoms. The third-order valence-electron chi connectivity index (χ3n) is 3.95. The van der Waals surface area contributed by atoms with Crippen LogP contribution >= 0.6 is 0 Å². The molecule has 0 amide bonds. The Bertz CT molecular complexity index is 135. The molecule has 0 heteroatoms. The van der Waals surface area contributed by atoms with E-state index in [-0.39, 0.29) is 0 Å². The summed E-state index contributed by atoms with van der Waals surface area (Å²) in [6.45, 7) is 11.8. The normalized spacial score (nSPS) is 14.2. The highest BCUT2D eigenvalue weighted by molar-refractivity contribution is 4.65. The third kappa shape index (κ3) is 8.96. The van der Waals surface area contributed by atoms with Gasteiger partial charge in [-0.05, 0) is 17.8 Å². The Morgan fingerprint density at radius 2 is 1.53 bits per heavy atom. The molecule has 0 aromatic carbocycles. The van der Waals surface area contributed by atoms with Gasteiger partial charge in [0.15, 0.2) is 0 Å². The van der Waals surface area contributed by atoms with Crippen molar-refractivity contribution in [3.8, 4) is 0 Å². The summed E-state index contributed by atoms with van der Waals surface area (Å²) in [5, 5.41) is 0. The molecule has 0 saturated carbocycles. The number of unbranched alkanes of at least 4 members (excludes halogenated alkanes) is 3. The summed E-state index contributed by atoms with van der Waals surface area (Å²) in [6, 6.07) is 0. The van der Waals surface area contributed by atoms with E-state index in [4.69, 9.17) is 0 Å². The molecule has 0 aromatic rings. The standard InChI is InChI=1S/C15H32/c1-6-14(3)12-10-8-9-11-13-15(4,5)7-2/h14H,6-13H2,1-5H3. The lowest BCUT2D eigenvalue weighted by Gasteiger charge is -2.22. The van der Waals surface area contributed by atoms with Crippen LogP contribution in [0.5, 0.6) is 0 Å². The molecular formula is C15H32. The van der Waals surface area contributed by atoms with Gasteiger partial charge in [0.25, 0.3) is 0 Å². The van der Waals surface area contributed by atoms with Gasteiger partial charge >= 0.3 is 0 Å². The van der Waals surface area contributed by atoms with Gasteiger partial charge in [0, 0.05) is 0 Å². The van der Waals surface area contributed by atoms with Crippen molar-refractivity contribution in [3.05, 3.63) is 0 Å². The minimum Gasteiger partial charge on any atom is -0.0651 e. The second kappa shape index (κ2) is 8.19. The summed E-state index contributed by atoms with van der Waals surface area (Å²) < 4.78 is 0. The van der Waals surface area contributed by atoms with Crippen LogP contribution in [0.25, 0.3) is 0 Å². The molecule has 0 aliphatic heterocycles. The molecule has 0 aromatic heterocycles. The lowest BCUT2D eigenvalue weighted by molar-refractivity contribution is 0.306. The Hall–Kier alpha value is 0. The van der Waals surface area contributed by atoms with Crippen molar-refractivity contribution < 1.29 is 0 Å². The molecule has 0 radical (unpaired) electrons. The lowest BCUT2D eigenvalue weighted by Crippen LogP contribution is -2.08. The maximum atomic E-state index is 2.39. The van der Waals surface area contributed by atoms with Gasteiger partial charge in [0.2, 0.25) is 0 Å². The van der Waals surface area contributed by atoms with Crippen molar-refractivity contribution in [2.45, 2.75) is 86.0 Å². The average molecular weight is 212 g/mol. The van der Waals surface area contributed by atoms with Gasteiger partial charge < -0.3 is 0 Å². The van der Waals surface area contributed by atoms with E-state index in [1.807, 2.05) is 0 Å². The molecule has 0 nitrogen and oxygen atoms in total. The summed E-state index contributed by atoms with van der Waals surface area (Å²) in [5.74, 6) is 0.942. The first-order valence-electron chi connectivity index (χ1n) is 7.02. The molecular weight excluding hydrogens is 180 g/mol. The zero-order chi connectivity index (χ0) is 11.7. The third-order valence-corrected chi connectivity index (χ3v) is 3.95. The van der Waals surface area contributed by atoms with Crippen LogP contribution in [0.4, 0.5) is 0 Å². The average Bonchev–Trinajstić information content (AvgIpc) is 2.22. The highest BCUT2D eigenvalue weighted by Crippen LogP contribution is 2.27. The van der Waals surface area contributed by atoms with Gasteiger partial charge in [-0.15, -0.1) is 0 Å². The van der Waals surface area contributed by atoms with Crippen molar-refractivity contribution in [3.63, 3.8) is 0 Å². The Kier molecular flexibility index (Phi) is 8.19. The maximum Gasteiger partial charge on any atom is -0.0357 e. The van der Waals surface area contributed by atoms with Crippen LogP contribution < -0.4 is 0 Å². The van der Waals surface area contributed by atoms with E-state index < -0.39 is 0 Å². The zero-order valence-corrected chi connectivity index (χ0v) is 11.7. The van der Waals surface area contributed by atoms with E-state index in [2.05, 4.69) is 34.6 Å². The van der Waals surface area contributed by atoms with Crippen LogP contribution in [0, 0.1) is 11.3 Å². The molecule has 0 aliphatic carbocycles. The first kappa shape index (κ1) is 15.0. The van der Waals surface area contributed by atoms with Crippen LogP contribution in [-0.2, 0) is 0 Å². The Labute approximate surface area is 97.8 Å². The zero-order valence-electron chi connectivity index (χ0n) is 11.7. The fourth-order valence-corrected chi connectivity index (χ4v) is 1.83. The predicted molar refractivity (Wildman–Crippen MR) is 71.2 cm³/mol. The summed E-state index contributed by atoms with van der Waals surface area (Å²) in [7, 11) is 0. The van der Waals surface area contributed by atoms with Crippen molar-refractivity contribution in [1.82, 2.24) is 0 Å². The van der Waals surface area contributed by atoms with Crippen LogP contribution in [-0.4, -0.2) is 0 Å². The molecule has 0 bridgehead atoms. The highest BCUT2D eigenvalue weighted by Gasteiger charge is 2.13. The molecule has 1 atom stereocenters. The van der Waals surface area contributed by atoms with Gasteiger partial charge in [-0.2, -0.15) is 0 Å². The summed E-state index contributed by atoms with van der Waals surface area (Å²) in [5.41, 5.74) is 0.580. The largest absolute Gasteiger partial charge is 0.0651 e.